The normalized spacial score (nSPS) is 13.5. The zero-order valence-electron chi connectivity index (χ0n) is 17.9. The van der Waals surface area contributed by atoms with Crippen LogP contribution in [0.25, 0.3) is 44.5 Å². The lowest BCUT2D eigenvalue weighted by Crippen LogP contribution is -2.23. The van der Waals surface area contributed by atoms with E-state index >= 15 is 0 Å². The van der Waals surface area contributed by atoms with E-state index in [1.807, 2.05) is 54.6 Å². The van der Waals surface area contributed by atoms with Crippen molar-refractivity contribution in [2.24, 2.45) is 0 Å². The number of rotatable bonds is 4. The lowest BCUT2D eigenvalue weighted by molar-refractivity contribution is 0.181. The molecule has 0 aliphatic carbocycles. The predicted molar refractivity (Wildman–Crippen MR) is 131 cm³/mol. The van der Waals surface area contributed by atoms with Crippen molar-refractivity contribution in [2.75, 3.05) is 18.1 Å². The highest BCUT2D eigenvalue weighted by molar-refractivity contribution is 6.17. The number of anilines is 1. The average Bonchev–Trinajstić information content (AvgIpc) is 3.48. The van der Waals surface area contributed by atoms with Crippen molar-refractivity contribution in [3.63, 3.8) is 0 Å². The van der Waals surface area contributed by atoms with E-state index in [1.54, 1.807) is 11.1 Å². The fraction of sp³-hybridized carbons (Fsp3) is 0.0714. The van der Waals surface area contributed by atoms with E-state index in [-0.39, 0.29) is 6.09 Å². The third-order valence-electron chi connectivity index (χ3n) is 6.05. The van der Waals surface area contributed by atoms with Gasteiger partial charge in [-0.05, 0) is 23.3 Å². The Bertz CT molecular complexity index is 1440. The standard InChI is InChI=1S/C28H21N3O2/c32-28-31(17-18-33-28)27-24-21(19-9-3-1-4-10-19)14-15-22(23-13-7-8-16-29-23)26(24)30-25(27)20-11-5-2-6-12-20/h1-16,30H,17-18H2. The van der Waals surface area contributed by atoms with Crippen LogP contribution in [0, 0.1) is 0 Å². The van der Waals surface area contributed by atoms with Crippen molar-refractivity contribution in [3.8, 4) is 33.6 Å². The Balaban J connectivity index is 1.74. The molecule has 2 aromatic heterocycles. The molecule has 0 bridgehead atoms. The molecule has 0 spiro atoms. The zero-order chi connectivity index (χ0) is 22.2. The molecule has 3 heterocycles. The minimum Gasteiger partial charge on any atom is -0.447 e. The number of carbonyl (C=O) groups is 1. The summed E-state index contributed by atoms with van der Waals surface area (Å²) < 4.78 is 5.35. The quantitative estimate of drug-likeness (QED) is 0.352. The number of nitrogens with zero attached hydrogens (tertiary/aromatic N) is 2. The van der Waals surface area contributed by atoms with Crippen molar-refractivity contribution in [1.82, 2.24) is 9.97 Å². The maximum absolute atomic E-state index is 12.8. The number of H-pyrrole nitrogens is 1. The topological polar surface area (TPSA) is 58.2 Å². The summed E-state index contributed by atoms with van der Waals surface area (Å²) in [5.74, 6) is 0. The van der Waals surface area contributed by atoms with Crippen LogP contribution in [-0.2, 0) is 4.74 Å². The Hall–Kier alpha value is -4.38. The Morgan fingerprint density at radius 2 is 1.48 bits per heavy atom. The number of ether oxygens (including phenoxy) is 1. The highest BCUT2D eigenvalue weighted by Gasteiger charge is 2.31. The summed E-state index contributed by atoms with van der Waals surface area (Å²) in [6, 6.07) is 30.5. The summed E-state index contributed by atoms with van der Waals surface area (Å²) in [6.45, 7) is 0.883. The molecule has 6 rings (SSSR count). The van der Waals surface area contributed by atoms with Gasteiger partial charge in [-0.1, -0.05) is 78.9 Å². The molecule has 0 unspecified atom stereocenters. The molecule has 1 aliphatic heterocycles. The van der Waals surface area contributed by atoms with E-state index in [0.29, 0.717) is 13.2 Å². The fourth-order valence-corrected chi connectivity index (χ4v) is 4.56. The first kappa shape index (κ1) is 19.3. The van der Waals surface area contributed by atoms with Crippen molar-refractivity contribution >= 4 is 22.7 Å². The van der Waals surface area contributed by atoms with Crippen molar-refractivity contribution in [2.45, 2.75) is 0 Å². The molecule has 1 fully saturated rings. The Kier molecular flexibility index (Phi) is 4.65. The van der Waals surface area contributed by atoms with Gasteiger partial charge in [0, 0.05) is 22.7 Å². The van der Waals surface area contributed by atoms with E-state index in [0.717, 1.165) is 50.2 Å². The number of aromatic amines is 1. The molecular weight excluding hydrogens is 410 g/mol. The first-order chi connectivity index (χ1) is 16.3. The third kappa shape index (κ3) is 3.26. The Morgan fingerprint density at radius 3 is 2.15 bits per heavy atom. The predicted octanol–water partition coefficient (Wildman–Crippen LogP) is 6.52. The molecule has 1 amide bonds. The average molecular weight is 431 g/mol. The Morgan fingerprint density at radius 1 is 0.788 bits per heavy atom. The molecule has 160 valence electrons. The SMILES string of the molecule is O=C1OCCN1c1c(-c2ccccc2)[nH]c2c(-c3ccccn3)ccc(-c3ccccc3)c12. The number of amides is 1. The third-order valence-corrected chi connectivity index (χ3v) is 6.05. The molecule has 0 atom stereocenters. The zero-order valence-corrected chi connectivity index (χ0v) is 17.9. The van der Waals surface area contributed by atoms with Crippen LogP contribution in [-0.4, -0.2) is 29.2 Å². The molecule has 5 aromatic rings. The largest absolute Gasteiger partial charge is 0.447 e. The molecule has 0 saturated carbocycles. The van der Waals surface area contributed by atoms with Crippen LogP contribution in [0.5, 0.6) is 0 Å². The van der Waals surface area contributed by atoms with E-state index < -0.39 is 0 Å². The summed E-state index contributed by atoms with van der Waals surface area (Å²) >= 11 is 0. The van der Waals surface area contributed by atoms with Crippen LogP contribution in [0.4, 0.5) is 10.5 Å². The van der Waals surface area contributed by atoms with Gasteiger partial charge in [-0.3, -0.25) is 9.88 Å². The van der Waals surface area contributed by atoms with Gasteiger partial charge in [-0.15, -0.1) is 0 Å². The molecule has 5 nitrogen and oxygen atoms in total. The van der Waals surface area contributed by atoms with Gasteiger partial charge in [0.15, 0.2) is 0 Å². The van der Waals surface area contributed by atoms with Gasteiger partial charge in [0.05, 0.1) is 29.1 Å². The smallest absolute Gasteiger partial charge is 0.414 e. The molecule has 33 heavy (non-hydrogen) atoms. The second-order valence-corrected chi connectivity index (χ2v) is 7.97. The molecule has 3 aromatic carbocycles. The van der Waals surface area contributed by atoms with Crippen molar-refractivity contribution < 1.29 is 9.53 Å². The first-order valence-electron chi connectivity index (χ1n) is 11.0. The first-order valence-corrected chi connectivity index (χ1v) is 11.0. The van der Waals surface area contributed by atoms with Gasteiger partial charge in [0.25, 0.3) is 0 Å². The highest BCUT2D eigenvalue weighted by atomic mass is 16.6. The van der Waals surface area contributed by atoms with Crippen LogP contribution in [0.2, 0.25) is 0 Å². The summed E-state index contributed by atoms with van der Waals surface area (Å²) in [6.07, 6.45) is 1.47. The minimum absolute atomic E-state index is 0.324. The lowest BCUT2D eigenvalue weighted by atomic mass is 9.96. The second kappa shape index (κ2) is 7.95. The maximum Gasteiger partial charge on any atom is 0.414 e. The van der Waals surface area contributed by atoms with Crippen LogP contribution in [0.1, 0.15) is 0 Å². The highest BCUT2D eigenvalue weighted by Crippen LogP contribution is 2.46. The van der Waals surface area contributed by atoms with E-state index in [2.05, 4.69) is 46.4 Å². The second-order valence-electron chi connectivity index (χ2n) is 7.97. The summed E-state index contributed by atoms with van der Waals surface area (Å²) in [4.78, 5) is 22.8. The van der Waals surface area contributed by atoms with Gasteiger partial charge in [0.1, 0.15) is 6.61 Å². The lowest BCUT2D eigenvalue weighted by Gasteiger charge is -2.17. The molecular formula is C28H21N3O2. The van der Waals surface area contributed by atoms with Gasteiger partial charge >= 0.3 is 6.09 Å². The van der Waals surface area contributed by atoms with E-state index in [9.17, 15) is 4.79 Å². The summed E-state index contributed by atoms with van der Waals surface area (Å²) in [5, 5.41) is 0.988. The number of fused-ring (bicyclic) bond motifs is 1. The number of nitrogens with one attached hydrogen (secondary N) is 1. The molecule has 1 aliphatic rings. The monoisotopic (exact) mass is 431 g/mol. The molecule has 5 heteroatoms. The van der Waals surface area contributed by atoms with Crippen LogP contribution in [0.15, 0.2) is 97.2 Å². The Labute approximate surface area is 191 Å². The summed E-state index contributed by atoms with van der Waals surface area (Å²) in [5.41, 5.74) is 7.69. The van der Waals surface area contributed by atoms with Crippen molar-refractivity contribution in [1.29, 1.82) is 0 Å². The van der Waals surface area contributed by atoms with Gasteiger partial charge in [-0.25, -0.2) is 4.79 Å². The minimum atomic E-state index is -0.324. The van der Waals surface area contributed by atoms with Crippen LogP contribution >= 0.6 is 0 Å². The summed E-state index contributed by atoms with van der Waals surface area (Å²) in [7, 11) is 0. The molecule has 1 saturated heterocycles. The number of hydrogen-bond acceptors (Lipinski definition) is 3. The number of pyridine rings is 1. The molecule has 1 N–H and O–H groups in total. The number of benzene rings is 3. The number of cyclic esters (lactones) is 1. The van der Waals surface area contributed by atoms with Crippen molar-refractivity contribution in [3.05, 3.63) is 97.2 Å². The van der Waals surface area contributed by atoms with Gasteiger partial charge < -0.3 is 9.72 Å². The maximum atomic E-state index is 12.8. The van der Waals surface area contributed by atoms with E-state index in [1.165, 1.54) is 0 Å². The van der Waals surface area contributed by atoms with E-state index in [4.69, 9.17) is 4.74 Å². The van der Waals surface area contributed by atoms with Crippen LogP contribution < -0.4 is 4.90 Å². The number of carbonyl (C=O) groups excluding carboxylic acids is 1. The van der Waals surface area contributed by atoms with Gasteiger partial charge in [-0.2, -0.15) is 0 Å². The number of aromatic nitrogens is 2. The fourth-order valence-electron chi connectivity index (χ4n) is 4.56. The number of hydrogen-bond donors (Lipinski definition) is 1. The molecule has 0 radical (unpaired) electrons. The van der Waals surface area contributed by atoms with Crippen LogP contribution in [0.3, 0.4) is 0 Å². The van der Waals surface area contributed by atoms with Gasteiger partial charge in [0.2, 0.25) is 0 Å².